The fraction of sp³-hybridized carbons (Fsp3) is 0.0417. The number of rotatable bonds is 5. The maximum Gasteiger partial charge on any atom is 0.251 e. The molecule has 7 heteroatoms. The number of hydrogen-bond acceptors (Lipinski definition) is 6. The zero-order chi connectivity index (χ0) is 21.2. The quantitative estimate of drug-likeness (QED) is 0.406. The predicted octanol–water partition coefficient (Wildman–Crippen LogP) is 5.13. The second-order valence-corrected chi connectivity index (χ2v) is 8.02. The number of nitrogen functional groups attached to an aromatic ring is 1. The van der Waals surface area contributed by atoms with E-state index in [0.717, 1.165) is 31.9 Å². The molecule has 1 amide bonds. The number of nitrogens with one attached hydrogen (secondary N) is 1. The van der Waals surface area contributed by atoms with Gasteiger partial charge in [0.1, 0.15) is 16.6 Å². The third-order valence-electron chi connectivity index (χ3n) is 4.90. The molecule has 0 saturated heterocycles. The minimum Gasteiger partial charge on any atom is -0.467 e. The van der Waals surface area contributed by atoms with Crippen LogP contribution in [0.1, 0.15) is 16.1 Å². The lowest BCUT2D eigenvalue weighted by Crippen LogP contribution is -2.22. The Hall–Kier alpha value is -3.97. The number of carbonyl (C=O) groups is 1. The van der Waals surface area contributed by atoms with Gasteiger partial charge in [0.2, 0.25) is 0 Å². The second-order valence-electron chi connectivity index (χ2n) is 6.99. The SMILES string of the molecule is Nc1ncc(-c2cccc(C(=O)NCc3ccco3)c2)cc1-c1nc2ccccc2s1. The molecule has 2 aromatic carbocycles. The Morgan fingerprint density at radius 2 is 1.94 bits per heavy atom. The van der Waals surface area contributed by atoms with Gasteiger partial charge in [-0.3, -0.25) is 4.79 Å². The number of aromatic nitrogens is 2. The Kier molecular flexibility index (Phi) is 4.93. The topological polar surface area (TPSA) is 94.0 Å². The Balaban J connectivity index is 1.44. The Morgan fingerprint density at radius 1 is 1.03 bits per heavy atom. The minimum absolute atomic E-state index is 0.173. The van der Waals surface area contributed by atoms with Crippen molar-refractivity contribution in [1.29, 1.82) is 0 Å². The van der Waals surface area contributed by atoms with E-state index in [4.69, 9.17) is 15.1 Å². The van der Waals surface area contributed by atoms with E-state index in [1.807, 2.05) is 54.6 Å². The summed E-state index contributed by atoms with van der Waals surface area (Å²) < 4.78 is 6.36. The number of anilines is 1. The first-order chi connectivity index (χ1) is 15.2. The summed E-state index contributed by atoms with van der Waals surface area (Å²) in [6.07, 6.45) is 3.30. The molecule has 0 atom stereocenters. The van der Waals surface area contributed by atoms with Crippen LogP contribution in [-0.2, 0) is 6.54 Å². The molecule has 0 spiro atoms. The van der Waals surface area contributed by atoms with E-state index in [2.05, 4.69) is 10.3 Å². The van der Waals surface area contributed by atoms with Gasteiger partial charge >= 0.3 is 0 Å². The summed E-state index contributed by atoms with van der Waals surface area (Å²) in [5, 5.41) is 3.68. The maximum atomic E-state index is 12.6. The summed E-state index contributed by atoms with van der Waals surface area (Å²) in [5.74, 6) is 0.955. The molecule has 3 N–H and O–H groups in total. The lowest BCUT2D eigenvalue weighted by atomic mass is 10.0. The first-order valence-electron chi connectivity index (χ1n) is 9.70. The van der Waals surface area contributed by atoms with Crippen LogP contribution < -0.4 is 11.1 Å². The van der Waals surface area contributed by atoms with Gasteiger partial charge in [-0.2, -0.15) is 0 Å². The molecule has 5 rings (SSSR count). The number of hydrogen-bond donors (Lipinski definition) is 2. The van der Waals surface area contributed by atoms with Gasteiger partial charge < -0.3 is 15.5 Å². The highest BCUT2D eigenvalue weighted by Crippen LogP contribution is 2.35. The van der Waals surface area contributed by atoms with Gasteiger partial charge in [-0.15, -0.1) is 11.3 Å². The molecule has 0 aliphatic carbocycles. The Morgan fingerprint density at radius 3 is 2.77 bits per heavy atom. The van der Waals surface area contributed by atoms with E-state index in [1.54, 1.807) is 35.9 Å². The van der Waals surface area contributed by atoms with Crippen LogP contribution in [0.4, 0.5) is 5.82 Å². The van der Waals surface area contributed by atoms with E-state index in [1.165, 1.54) is 0 Å². The number of nitrogens with zero attached hydrogens (tertiary/aromatic N) is 2. The van der Waals surface area contributed by atoms with Crippen molar-refractivity contribution in [2.75, 3.05) is 5.73 Å². The lowest BCUT2D eigenvalue weighted by molar-refractivity contribution is 0.0948. The van der Waals surface area contributed by atoms with E-state index in [-0.39, 0.29) is 5.91 Å². The number of thiazole rings is 1. The van der Waals surface area contributed by atoms with Crippen LogP contribution in [0, 0.1) is 0 Å². The first kappa shape index (κ1) is 19.0. The number of para-hydroxylation sites is 1. The zero-order valence-corrected chi connectivity index (χ0v) is 17.2. The molecule has 6 nitrogen and oxygen atoms in total. The molecule has 0 aliphatic rings. The zero-order valence-electron chi connectivity index (χ0n) is 16.4. The molecular weight excluding hydrogens is 408 g/mol. The molecular formula is C24H18N4O2S. The lowest BCUT2D eigenvalue weighted by Gasteiger charge is -2.08. The van der Waals surface area contributed by atoms with E-state index < -0.39 is 0 Å². The summed E-state index contributed by atoms with van der Waals surface area (Å²) in [4.78, 5) is 21.6. The van der Waals surface area contributed by atoms with Gasteiger partial charge in [-0.1, -0.05) is 24.3 Å². The number of furan rings is 1. The summed E-state index contributed by atoms with van der Waals surface area (Å²) >= 11 is 1.58. The first-order valence-corrected chi connectivity index (χ1v) is 10.5. The van der Waals surface area contributed by atoms with Gasteiger partial charge in [0.05, 0.1) is 28.6 Å². The summed E-state index contributed by atoms with van der Waals surface area (Å²) in [7, 11) is 0. The fourth-order valence-electron chi connectivity index (χ4n) is 3.31. The predicted molar refractivity (Wildman–Crippen MR) is 123 cm³/mol. The number of pyridine rings is 1. The van der Waals surface area contributed by atoms with E-state index >= 15 is 0 Å². The normalized spacial score (nSPS) is 11.0. The van der Waals surface area contributed by atoms with Gasteiger partial charge in [-0.05, 0) is 48.0 Å². The minimum atomic E-state index is -0.173. The molecule has 5 aromatic rings. The standard InChI is InChI=1S/C24H18N4O2S/c25-22-19(24-28-20-8-1-2-9-21(20)31-24)12-17(13-26-22)15-5-3-6-16(11-15)23(29)27-14-18-7-4-10-30-18/h1-13H,14H2,(H2,25,26)(H,27,29). The number of fused-ring (bicyclic) bond motifs is 1. The van der Waals surface area contributed by atoms with Crippen molar-refractivity contribution in [2.24, 2.45) is 0 Å². The highest BCUT2D eigenvalue weighted by molar-refractivity contribution is 7.21. The largest absolute Gasteiger partial charge is 0.467 e. The van der Waals surface area contributed by atoms with Crippen molar-refractivity contribution in [3.8, 4) is 21.7 Å². The van der Waals surface area contributed by atoms with Crippen molar-refractivity contribution in [2.45, 2.75) is 6.54 Å². The molecule has 0 saturated carbocycles. The molecule has 3 heterocycles. The van der Waals surface area contributed by atoms with Crippen molar-refractivity contribution >= 4 is 33.3 Å². The van der Waals surface area contributed by atoms with Crippen LogP contribution in [0.3, 0.4) is 0 Å². The smallest absolute Gasteiger partial charge is 0.251 e. The Labute approximate surface area is 182 Å². The van der Waals surface area contributed by atoms with Gasteiger partial charge in [0.15, 0.2) is 0 Å². The van der Waals surface area contributed by atoms with Crippen LogP contribution in [0.15, 0.2) is 83.6 Å². The molecule has 3 aromatic heterocycles. The highest BCUT2D eigenvalue weighted by atomic mass is 32.1. The van der Waals surface area contributed by atoms with Gasteiger partial charge in [0.25, 0.3) is 5.91 Å². The molecule has 0 unspecified atom stereocenters. The van der Waals surface area contributed by atoms with Crippen LogP contribution >= 0.6 is 11.3 Å². The second kappa shape index (κ2) is 8.04. The molecule has 0 fully saturated rings. The van der Waals surface area contributed by atoms with Crippen molar-refractivity contribution in [3.05, 3.63) is 90.5 Å². The fourth-order valence-corrected chi connectivity index (χ4v) is 4.31. The number of carbonyl (C=O) groups excluding carboxylic acids is 1. The third-order valence-corrected chi connectivity index (χ3v) is 5.97. The number of benzene rings is 2. The van der Waals surface area contributed by atoms with Crippen LogP contribution in [0.25, 0.3) is 31.9 Å². The van der Waals surface area contributed by atoms with Gasteiger partial charge in [-0.25, -0.2) is 9.97 Å². The molecule has 0 bridgehead atoms. The monoisotopic (exact) mass is 426 g/mol. The number of nitrogens with two attached hydrogens (primary N) is 1. The maximum absolute atomic E-state index is 12.6. The summed E-state index contributed by atoms with van der Waals surface area (Å²) in [6, 6.07) is 21.0. The van der Waals surface area contributed by atoms with Crippen molar-refractivity contribution in [3.63, 3.8) is 0 Å². The van der Waals surface area contributed by atoms with E-state index in [9.17, 15) is 4.79 Å². The molecule has 0 aliphatic heterocycles. The molecule has 152 valence electrons. The Bertz CT molecular complexity index is 1340. The average Bonchev–Trinajstić information content (AvgIpc) is 3.47. The third kappa shape index (κ3) is 3.91. The highest BCUT2D eigenvalue weighted by Gasteiger charge is 2.13. The average molecular weight is 427 g/mol. The van der Waals surface area contributed by atoms with Crippen LogP contribution in [0.2, 0.25) is 0 Å². The summed E-state index contributed by atoms with van der Waals surface area (Å²) in [6.45, 7) is 0.335. The van der Waals surface area contributed by atoms with Crippen molar-refractivity contribution < 1.29 is 9.21 Å². The van der Waals surface area contributed by atoms with Crippen molar-refractivity contribution in [1.82, 2.24) is 15.3 Å². The summed E-state index contributed by atoms with van der Waals surface area (Å²) in [5.41, 5.74) is 10.2. The van der Waals surface area contributed by atoms with Gasteiger partial charge in [0, 0.05) is 17.3 Å². The number of amides is 1. The van der Waals surface area contributed by atoms with E-state index in [0.29, 0.717) is 23.7 Å². The molecule has 31 heavy (non-hydrogen) atoms. The van der Waals surface area contributed by atoms with Crippen LogP contribution in [0.5, 0.6) is 0 Å². The van der Waals surface area contributed by atoms with Crippen LogP contribution in [-0.4, -0.2) is 15.9 Å². The molecule has 0 radical (unpaired) electrons.